The zero-order chi connectivity index (χ0) is 20.5. The van der Waals surface area contributed by atoms with Crippen LogP contribution in [0.25, 0.3) is 0 Å². The first kappa shape index (κ1) is 21.3. The van der Waals surface area contributed by atoms with Gasteiger partial charge in [-0.1, -0.05) is 30.3 Å². The highest BCUT2D eigenvalue weighted by molar-refractivity contribution is 8.00. The Morgan fingerprint density at radius 2 is 1.72 bits per heavy atom. The van der Waals surface area contributed by atoms with Gasteiger partial charge in [0.1, 0.15) is 5.82 Å². The number of carbonyl (C=O) groups is 2. The zero-order valence-electron chi connectivity index (χ0n) is 16.4. The average Bonchev–Trinajstić information content (AvgIpc) is 2.98. The highest BCUT2D eigenvalue weighted by Gasteiger charge is 2.20. The average molecular weight is 416 g/mol. The second kappa shape index (κ2) is 11.0. The summed E-state index contributed by atoms with van der Waals surface area (Å²) in [7, 11) is 0. The van der Waals surface area contributed by atoms with E-state index >= 15 is 0 Å². The molecule has 1 aliphatic heterocycles. The summed E-state index contributed by atoms with van der Waals surface area (Å²) in [6.45, 7) is 3.68. The quantitative estimate of drug-likeness (QED) is 0.707. The summed E-state index contributed by atoms with van der Waals surface area (Å²) < 4.78 is 13.0. The van der Waals surface area contributed by atoms with Gasteiger partial charge in [0.15, 0.2) is 0 Å². The van der Waals surface area contributed by atoms with Crippen molar-refractivity contribution < 1.29 is 14.0 Å². The highest BCUT2D eigenvalue weighted by atomic mass is 32.2. The van der Waals surface area contributed by atoms with Crippen molar-refractivity contribution in [1.82, 2.24) is 15.1 Å². The van der Waals surface area contributed by atoms with Gasteiger partial charge in [-0.15, -0.1) is 11.8 Å². The third-order valence-electron chi connectivity index (χ3n) is 4.82. The summed E-state index contributed by atoms with van der Waals surface area (Å²) in [6, 6.07) is 16.0. The maximum atomic E-state index is 13.0. The Labute approximate surface area is 175 Å². The third-order valence-corrected chi connectivity index (χ3v) is 5.81. The molecule has 0 aliphatic carbocycles. The topological polar surface area (TPSA) is 52.7 Å². The molecule has 1 heterocycles. The van der Waals surface area contributed by atoms with E-state index in [0.717, 1.165) is 23.4 Å². The van der Waals surface area contributed by atoms with Crippen LogP contribution in [0.4, 0.5) is 4.39 Å². The molecule has 0 bridgehead atoms. The number of thioether (sulfide) groups is 1. The lowest BCUT2D eigenvalue weighted by Crippen LogP contribution is -2.40. The van der Waals surface area contributed by atoms with Crippen molar-refractivity contribution in [3.8, 4) is 0 Å². The molecular formula is C22H26FN3O2S. The molecule has 0 unspecified atom stereocenters. The van der Waals surface area contributed by atoms with Crippen LogP contribution in [0.3, 0.4) is 0 Å². The molecule has 0 saturated carbocycles. The van der Waals surface area contributed by atoms with Crippen LogP contribution in [0.2, 0.25) is 0 Å². The third kappa shape index (κ3) is 7.18. The lowest BCUT2D eigenvalue weighted by Gasteiger charge is -2.21. The minimum absolute atomic E-state index is 0.000458. The zero-order valence-corrected chi connectivity index (χ0v) is 17.2. The standard InChI is InChI=1S/C22H26FN3O2S/c23-19-7-9-20(10-8-19)29-17-22(28)26-12-4-11-25(13-14-26)16-21(27)24-15-18-5-2-1-3-6-18/h1-3,5-10H,4,11-17H2,(H,24,27). The number of halogens is 1. The Balaban J connectivity index is 1.39. The minimum atomic E-state index is -0.277. The number of benzene rings is 2. The van der Waals surface area contributed by atoms with Crippen LogP contribution in [0, 0.1) is 5.82 Å². The second-order valence-corrected chi connectivity index (χ2v) is 8.06. The first-order valence-corrected chi connectivity index (χ1v) is 10.8. The van der Waals surface area contributed by atoms with Gasteiger partial charge in [-0.25, -0.2) is 4.39 Å². The van der Waals surface area contributed by atoms with Crippen molar-refractivity contribution in [1.29, 1.82) is 0 Å². The monoisotopic (exact) mass is 415 g/mol. The minimum Gasteiger partial charge on any atom is -0.351 e. The molecule has 5 nitrogen and oxygen atoms in total. The predicted octanol–water partition coefficient (Wildman–Crippen LogP) is 2.77. The van der Waals surface area contributed by atoms with E-state index in [9.17, 15) is 14.0 Å². The van der Waals surface area contributed by atoms with Crippen molar-refractivity contribution in [2.75, 3.05) is 38.5 Å². The van der Waals surface area contributed by atoms with Crippen molar-refractivity contribution >= 4 is 23.6 Å². The number of nitrogens with zero attached hydrogens (tertiary/aromatic N) is 2. The van der Waals surface area contributed by atoms with Gasteiger partial charge in [0, 0.05) is 37.6 Å². The SMILES string of the molecule is O=C(CN1CCCN(C(=O)CSc2ccc(F)cc2)CC1)NCc1ccccc1. The number of nitrogens with one attached hydrogen (secondary N) is 1. The fraction of sp³-hybridized carbons (Fsp3) is 0.364. The lowest BCUT2D eigenvalue weighted by atomic mass is 10.2. The first-order valence-electron chi connectivity index (χ1n) is 9.79. The van der Waals surface area contributed by atoms with Crippen molar-refractivity contribution in [2.45, 2.75) is 17.9 Å². The van der Waals surface area contributed by atoms with E-state index in [4.69, 9.17) is 0 Å². The van der Waals surface area contributed by atoms with E-state index in [1.54, 1.807) is 12.1 Å². The number of hydrogen-bond acceptors (Lipinski definition) is 4. The summed E-state index contributed by atoms with van der Waals surface area (Å²) in [6.07, 6.45) is 0.846. The van der Waals surface area contributed by atoms with Crippen LogP contribution in [0.1, 0.15) is 12.0 Å². The summed E-state index contributed by atoms with van der Waals surface area (Å²) in [5, 5.41) is 2.95. The molecule has 1 fully saturated rings. The van der Waals surface area contributed by atoms with Gasteiger partial charge in [0.2, 0.25) is 11.8 Å². The number of amides is 2. The van der Waals surface area contributed by atoms with Crippen LogP contribution in [-0.2, 0) is 16.1 Å². The lowest BCUT2D eigenvalue weighted by molar-refractivity contribution is -0.128. The van der Waals surface area contributed by atoms with Gasteiger partial charge in [-0.3, -0.25) is 14.5 Å². The van der Waals surface area contributed by atoms with Gasteiger partial charge in [-0.05, 0) is 36.2 Å². The molecule has 3 rings (SSSR count). The van der Waals surface area contributed by atoms with E-state index in [-0.39, 0.29) is 17.6 Å². The Hall–Kier alpha value is -2.38. The maximum Gasteiger partial charge on any atom is 0.234 e. The summed E-state index contributed by atoms with van der Waals surface area (Å²) in [5.41, 5.74) is 1.08. The fourth-order valence-corrected chi connectivity index (χ4v) is 4.00. The molecule has 7 heteroatoms. The van der Waals surface area contributed by atoms with E-state index in [0.29, 0.717) is 38.5 Å². The van der Waals surface area contributed by atoms with Crippen LogP contribution in [-0.4, -0.2) is 60.1 Å². The Morgan fingerprint density at radius 3 is 2.48 bits per heavy atom. The molecule has 1 N–H and O–H groups in total. The van der Waals surface area contributed by atoms with Gasteiger partial charge in [0.05, 0.1) is 12.3 Å². The van der Waals surface area contributed by atoms with E-state index in [1.807, 2.05) is 35.2 Å². The van der Waals surface area contributed by atoms with Crippen molar-refractivity contribution in [3.63, 3.8) is 0 Å². The summed E-state index contributed by atoms with van der Waals surface area (Å²) >= 11 is 1.42. The Kier molecular flexibility index (Phi) is 8.07. The number of rotatable bonds is 7. The van der Waals surface area contributed by atoms with Crippen LogP contribution in [0.15, 0.2) is 59.5 Å². The normalized spacial score (nSPS) is 15.0. The maximum absolute atomic E-state index is 13.0. The Bertz CT molecular complexity index is 801. The van der Waals surface area contributed by atoms with Crippen LogP contribution >= 0.6 is 11.8 Å². The van der Waals surface area contributed by atoms with Crippen LogP contribution < -0.4 is 5.32 Å². The van der Waals surface area contributed by atoms with Gasteiger partial charge in [-0.2, -0.15) is 0 Å². The predicted molar refractivity (Wildman–Crippen MR) is 113 cm³/mol. The van der Waals surface area contributed by atoms with Gasteiger partial charge in [0.25, 0.3) is 0 Å². The largest absolute Gasteiger partial charge is 0.351 e. The van der Waals surface area contributed by atoms with E-state index in [1.165, 1.54) is 23.9 Å². The molecule has 0 radical (unpaired) electrons. The molecule has 2 aromatic rings. The molecule has 29 heavy (non-hydrogen) atoms. The molecular weight excluding hydrogens is 389 g/mol. The van der Waals surface area contributed by atoms with Gasteiger partial charge >= 0.3 is 0 Å². The van der Waals surface area contributed by atoms with Gasteiger partial charge < -0.3 is 10.2 Å². The van der Waals surface area contributed by atoms with Crippen molar-refractivity contribution in [2.24, 2.45) is 0 Å². The van der Waals surface area contributed by atoms with E-state index in [2.05, 4.69) is 10.2 Å². The molecule has 0 atom stereocenters. The Morgan fingerprint density at radius 1 is 0.966 bits per heavy atom. The second-order valence-electron chi connectivity index (χ2n) is 7.02. The van der Waals surface area contributed by atoms with Crippen LogP contribution in [0.5, 0.6) is 0 Å². The molecule has 154 valence electrons. The number of carbonyl (C=O) groups excluding carboxylic acids is 2. The number of hydrogen-bond donors (Lipinski definition) is 1. The van der Waals surface area contributed by atoms with Crippen molar-refractivity contribution in [3.05, 3.63) is 66.0 Å². The molecule has 0 spiro atoms. The first-order chi connectivity index (χ1) is 14.1. The summed E-state index contributed by atoms with van der Waals surface area (Å²) in [4.78, 5) is 29.6. The molecule has 1 saturated heterocycles. The summed E-state index contributed by atoms with van der Waals surface area (Å²) in [5.74, 6) is 0.139. The van der Waals surface area contributed by atoms with E-state index < -0.39 is 0 Å². The molecule has 2 amide bonds. The molecule has 2 aromatic carbocycles. The smallest absolute Gasteiger partial charge is 0.234 e. The molecule has 0 aromatic heterocycles. The highest BCUT2D eigenvalue weighted by Crippen LogP contribution is 2.19. The molecule has 1 aliphatic rings. The fourth-order valence-electron chi connectivity index (χ4n) is 3.20.